The van der Waals surface area contributed by atoms with E-state index in [-0.39, 0.29) is 42.4 Å². The summed E-state index contributed by atoms with van der Waals surface area (Å²) >= 11 is 0. The first kappa shape index (κ1) is 31.4. The van der Waals surface area contributed by atoms with E-state index in [2.05, 4.69) is 42.5 Å². The molecule has 0 aliphatic rings. The minimum Gasteiger partial charge on any atom is -0.541 e. The Balaban J connectivity index is -0.000000302. The third kappa shape index (κ3) is 22.8. The summed E-state index contributed by atoms with van der Waals surface area (Å²) in [7, 11) is 0. The Bertz CT molecular complexity index is 592. The third-order valence-corrected chi connectivity index (χ3v) is 2.47. The fraction of sp³-hybridized carbons (Fsp3) is 0.500. The van der Waals surface area contributed by atoms with Crippen molar-refractivity contribution in [3.05, 3.63) is 42.5 Å². The van der Waals surface area contributed by atoms with Crippen molar-refractivity contribution in [2.75, 3.05) is 0 Å². The molecule has 0 saturated heterocycles. The van der Waals surface area contributed by atoms with Gasteiger partial charge in [-0.1, -0.05) is 68.4 Å². The van der Waals surface area contributed by atoms with Crippen LogP contribution in [0.4, 0.5) is 0 Å². The molecule has 0 aliphatic heterocycles. The summed E-state index contributed by atoms with van der Waals surface area (Å²) in [5, 5.41) is 2.66. The van der Waals surface area contributed by atoms with Gasteiger partial charge in [-0.2, -0.15) is 17.5 Å². The molecule has 0 spiro atoms. The van der Waals surface area contributed by atoms with Gasteiger partial charge in [-0.3, -0.25) is 18.9 Å². The van der Waals surface area contributed by atoms with E-state index in [0.717, 1.165) is 0 Å². The summed E-state index contributed by atoms with van der Waals surface area (Å²) in [4.78, 5) is 29.1. The second-order valence-corrected chi connectivity index (χ2v) is 9.21. The molecule has 152 valence electrons. The molecule has 0 atom stereocenters. The molecular formula is C24H34O3Zr. The van der Waals surface area contributed by atoms with Crippen molar-refractivity contribution in [1.29, 1.82) is 0 Å². The largest absolute Gasteiger partial charge is 4.00 e. The fourth-order valence-corrected chi connectivity index (χ4v) is 1.07. The first-order valence-corrected chi connectivity index (χ1v) is 8.93. The minimum atomic E-state index is -0.264. The van der Waals surface area contributed by atoms with E-state index >= 15 is 0 Å². The molecule has 3 nitrogen and oxygen atoms in total. The van der Waals surface area contributed by atoms with Gasteiger partial charge < -0.3 is 14.4 Å². The molecule has 0 heterocycles. The quantitative estimate of drug-likeness (QED) is 0.453. The molecule has 0 fully saturated rings. The Morgan fingerprint density at radius 2 is 0.964 bits per heavy atom. The number of fused-ring (bicyclic) bond motifs is 1. The molecule has 0 amide bonds. The predicted octanol–water partition coefficient (Wildman–Crippen LogP) is 5.98. The van der Waals surface area contributed by atoms with Gasteiger partial charge in [-0.25, -0.2) is 0 Å². The van der Waals surface area contributed by atoms with Crippen molar-refractivity contribution in [3.63, 3.8) is 0 Å². The van der Waals surface area contributed by atoms with Gasteiger partial charge in [0.15, 0.2) is 0 Å². The van der Waals surface area contributed by atoms with Crippen molar-refractivity contribution in [1.82, 2.24) is 0 Å². The van der Waals surface area contributed by atoms with Gasteiger partial charge >= 0.3 is 26.2 Å². The maximum Gasteiger partial charge on any atom is 4.00 e. The smallest absolute Gasteiger partial charge is 0.541 e. The maximum atomic E-state index is 9.70. The summed E-state index contributed by atoms with van der Waals surface area (Å²) in [6, 6.07) is 14.7. The fourth-order valence-electron chi connectivity index (χ4n) is 1.07. The second kappa shape index (κ2) is 14.7. The van der Waals surface area contributed by atoms with E-state index < -0.39 is 0 Å². The van der Waals surface area contributed by atoms with Crippen molar-refractivity contribution < 1.29 is 40.6 Å². The summed E-state index contributed by atoms with van der Waals surface area (Å²) in [6.07, 6.45) is 5.56. The summed E-state index contributed by atoms with van der Waals surface area (Å²) in [5.74, 6) is 0. The zero-order chi connectivity index (χ0) is 21.7. The topological polar surface area (TPSA) is 51.2 Å². The van der Waals surface area contributed by atoms with E-state index in [1.165, 1.54) is 10.8 Å². The van der Waals surface area contributed by atoms with Crippen molar-refractivity contribution in [2.24, 2.45) is 16.2 Å². The van der Waals surface area contributed by atoms with Crippen molar-refractivity contribution in [2.45, 2.75) is 62.3 Å². The van der Waals surface area contributed by atoms with Crippen LogP contribution in [0.25, 0.3) is 10.8 Å². The summed E-state index contributed by atoms with van der Waals surface area (Å²) in [6.45, 7) is 16.4. The van der Waals surface area contributed by atoms with Crippen LogP contribution in [0, 0.1) is 16.2 Å². The molecule has 2 aromatic carbocycles. The molecule has 2 rings (SSSR count). The van der Waals surface area contributed by atoms with E-state index in [9.17, 15) is 14.4 Å². The molecular weight excluding hydrogens is 427 g/mol. The Kier molecular flexibility index (Phi) is 16.5. The maximum absolute atomic E-state index is 9.70. The van der Waals surface area contributed by atoms with Crippen LogP contribution in [-0.2, 0) is 40.6 Å². The molecule has 0 saturated carbocycles. The van der Waals surface area contributed by atoms with Crippen LogP contribution >= 0.6 is 0 Å². The molecule has 2 aromatic rings. The van der Waals surface area contributed by atoms with Crippen molar-refractivity contribution in [3.8, 4) is 0 Å². The van der Waals surface area contributed by atoms with Crippen LogP contribution in [0.2, 0.25) is 0 Å². The van der Waals surface area contributed by atoms with E-state index in [0.29, 0.717) is 0 Å². The van der Waals surface area contributed by atoms with Gasteiger partial charge in [0.05, 0.1) is 0 Å². The van der Waals surface area contributed by atoms with E-state index in [1.54, 1.807) is 0 Å². The Labute approximate surface area is 190 Å². The van der Waals surface area contributed by atoms with Gasteiger partial charge in [-0.05, 0) is 0 Å². The molecule has 0 bridgehead atoms. The third-order valence-electron chi connectivity index (χ3n) is 2.47. The average Bonchev–Trinajstić information content (AvgIpc) is 3.03. The zero-order valence-corrected chi connectivity index (χ0v) is 21.2. The molecule has 0 aliphatic carbocycles. The number of benzene rings is 1. The minimum absolute atomic E-state index is 0. The van der Waals surface area contributed by atoms with Crippen LogP contribution in [0.1, 0.15) is 62.3 Å². The van der Waals surface area contributed by atoms with Crippen LogP contribution in [-0.4, -0.2) is 18.9 Å². The van der Waals surface area contributed by atoms with Gasteiger partial charge in [0.25, 0.3) is 0 Å². The molecule has 0 aromatic heterocycles. The SMILES string of the molecule is CC(C)(C)[C-]=O.CC(C)(C)[C-]=O.CC(C)(C)[C-]=O.[Zr+4].c1ccc2[cH-]ccc2c1. The molecule has 0 N–H and O–H groups in total. The van der Waals surface area contributed by atoms with Gasteiger partial charge in [0.1, 0.15) is 0 Å². The zero-order valence-electron chi connectivity index (χ0n) is 18.8. The first-order chi connectivity index (χ1) is 12.1. The van der Waals surface area contributed by atoms with Crippen LogP contribution in [0.15, 0.2) is 42.5 Å². The molecule has 0 radical (unpaired) electrons. The number of hydrogen-bond donors (Lipinski definition) is 0. The van der Waals surface area contributed by atoms with E-state index in [4.69, 9.17) is 0 Å². The summed E-state index contributed by atoms with van der Waals surface area (Å²) < 4.78 is 0. The van der Waals surface area contributed by atoms with Gasteiger partial charge in [0.2, 0.25) is 0 Å². The van der Waals surface area contributed by atoms with Gasteiger partial charge in [0, 0.05) is 0 Å². The normalized spacial score (nSPS) is 10.5. The van der Waals surface area contributed by atoms with Crippen LogP contribution < -0.4 is 0 Å². The average molecular weight is 462 g/mol. The standard InChI is InChI=1S/C9H7.3C5H9O.Zr/c1-2-5-9-7-3-6-8(9)4-1;3*1-5(2,3)4-6;/h1-7H;3*1-3H3;/q4*-1;+4. The first-order valence-electron chi connectivity index (χ1n) is 8.93. The Morgan fingerprint density at radius 1 is 0.643 bits per heavy atom. The van der Waals surface area contributed by atoms with Crippen LogP contribution in [0.3, 0.4) is 0 Å². The number of carbonyl (C=O) groups excluding carboxylic acids is 3. The second-order valence-electron chi connectivity index (χ2n) is 9.21. The van der Waals surface area contributed by atoms with Crippen molar-refractivity contribution >= 4 is 29.6 Å². The number of rotatable bonds is 0. The number of hydrogen-bond acceptors (Lipinski definition) is 3. The van der Waals surface area contributed by atoms with E-state index in [1.807, 2.05) is 81.2 Å². The molecule has 28 heavy (non-hydrogen) atoms. The predicted molar refractivity (Wildman–Crippen MR) is 115 cm³/mol. The summed E-state index contributed by atoms with van der Waals surface area (Å²) in [5.41, 5.74) is -0.792. The van der Waals surface area contributed by atoms with Crippen LogP contribution in [0.5, 0.6) is 0 Å². The Morgan fingerprint density at radius 3 is 1.25 bits per heavy atom. The monoisotopic (exact) mass is 460 g/mol. The molecule has 0 unspecified atom stereocenters. The Hall–Kier alpha value is -1.28. The van der Waals surface area contributed by atoms with Gasteiger partial charge in [-0.15, -0.1) is 45.9 Å². The molecule has 4 heteroatoms.